The Morgan fingerprint density at radius 2 is 2.00 bits per heavy atom. The quantitative estimate of drug-likeness (QED) is 0.726. The fraction of sp³-hybridized carbons (Fsp3) is 0.526. The van der Waals surface area contributed by atoms with Crippen molar-refractivity contribution < 1.29 is 0 Å². The van der Waals surface area contributed by atoms with Crippen LogP contribution in [0.4, 0.5) is 5.69 Å². The van der Waals surface area contributed by atoms with E-state index in [4.69, 9.17) is 11.6 Å². The highest BCUT2D eigenvalue weighted by Crippen LogP contribution is 2.28. The average molecular weight is 334 g/mol. The molecule has 0 fully saturated rings. The Labute approximate surface area is 145 Å². The second-order valence-corrected chi connectivity index (χ2v) is 6.63. The molecular weight excluding hydrogens is 306 g/mol. The second-order valence-electron chi connectivity index (χ2n) is 6.19. The van der Waals surface area contributed by atoms with Crippen LogP contribution >= 0.6 is 11.6 Å². The number of aryl methyl sites for hydroxylation is 1. The van der Waals surface area contributed by atoms with Crippen molar-refractivity contribution in [3.63, 3.8) is 0 Å². The van der Waals surface area contributed by atoms with Gasteiger partial charge in [0.15, 0.2) is 0 Å². The molecule has 0 aliphatic carbocycles. The van der Waals surface area contributed by atoms with E-state index in [1.807, 2.05) is 18.3 Å². The van der Waals surface area contributed by atoms with Crippen molar-refractivity contribution in [2.75, 3.05) is 25.0 Å². The Kier molecular flexibility index (Phi) is 6.67. The lowest BCUT2D eigenvalue weighted by molar-refractivity contribution is 0.295. The van der Waals surface area contributed by atoms with Gasteiger partial charge in [-0.15, -0.1) is 0 Å². The Bertz CT molecular complexity index is 638. The molecule has 4 heteroatoms. The van der Waals surface area contributed by atoms with Gasteiger partial charge in [0.2, 0.25) is 0 Å². The summed E-state index contributed by atoms with van der Waals surface area (Å²) in [6.45, 7) is 12.2. The molecular formula is C19H28ClN3. The van der Waals surface area contributed by atoms with Crippen molar-refractivity contribution in [1.82, 2.24) is 9.88 Å². The first-order valence-corrected chi connectivity index (χ1v) is 8.96. The van der Waals surface area contributed by atoms with E-state index in [0.717, 1.165) is 35.4 Å². The highest BCUT2D eigenvalue weighted by atomic mass is 35.5. The Morgan fingerprint density at radius 3 is 2.70 bits per heavy atom. The molecule has 1 unspecified atom stereocenters. The topological polar surface area (TPSA) is 28.2 Å². The van der Waals surface area contributed by atoms with Gasteiger partial charge in [0.1, 0.15) is 0 Å². The summed E-state index contributed by atoms with van der Waals surface area (Å²) in [6.07, 6.45) is 4.29. The van der Waals surface area contributed by atoms with Gasteiger partial charge in [-0.25, -0.2) is 0 Å². The van der Waals surface area contributed by atoms with Crippen LogP contribution in [0.5, 0.6) is 0 Å². The van der Waals surface area contributed by atoms with Crippen molar-refractivity contribution in [3.8, 4) is 0 Å². The zero-order valence-corrected chi connectivity index (χ0v) is 15.5. The van der Waals surface area contributed by atoms with Crippen molar-refractivity contribution in [1.29, 1.82) is 0 Å². The van der Waals surface area contributed by atoms with Crippen LogP contribution in [-0.4, -0.2) is 35.6 Å². The monoisotopic (exact) mass is 333 g/mol. The van der Waals surface area contributed by atoms with E-state index in [-0.39, 0.29) is 0 Å². The molecule has 2 aromatic rings. The molecule has 3 nitrogen and oxygen atoms in total. The molecule has 0 aliphatic rings. The lowest BCUT2D eigenvalue weighted by Crippen LogP contribution is -2.25. The maximum Gasteiger partial charge on any atom is 0.0737 e. The van der Waals surface area contributed by atoms with Crippen LogP contribution in [0.3, 0.4) is 0 Å². The van der Waals surface area contributed by atoms with Gasteiger partial charge in [-0.2, -0.15) is 0 Å². The van der Waals surface area contributed by atoms with Gasteiger partial charge in [0.05, 0.1) is 5.52 Å². The molecule has 1 N–H and O–H groups in total. The number of halogens is 1. The Hall–Kier alpha value is -1.32. The standard InChI is InChI=1S/C19H28ClN3/c1-5-23(6-2)11-7-8-15(4)22-19-14(3)13-21-18-12-16(20)9-10-17(18)19/h9-10,12-13,15H,5-8,11H2,1-4H3,(H,21,22). The second kappa shape index (κ2) is 8.51. The summed E-state index contributed by atoms with van der Waals surface area (Å²) < 4.78 is 0. The summed E-state index contributed by atoms with van der Waals surface area (Å²) in [4.78, 5) is 6.96. The molecule has 1 aromatic carbocycles. The van der Waals surface area contributed by atoms with Crippen LogP contribution in [0.2, 0.25) is 5.02 Å². The number of fused-ring (bicyclic) bond motifs is 1. The maximum atomic E-state index is 6.08. The van der Waals surface area contributed by atoms with Gasteiger partial charge in [-0.1, -0.05) is 25.4 Å². The van der Waals surface area contributed by atoms with Crippen LogP contribution in [-0.2, 0) is 0 Å². The van der Waals surface area contributed by atoms with E-state index in [0.29, 0.717) is 6.04 Å². The Balaban J connectivity index is 2.04. The van der Waals surface area contributed by atoms with Crippen molar-refractivity contribution in [3.05, 3.63) is 35.0 Å². The van der Waals surface area contributed by atoms with Gasteiger partial charge in [-0.05, 0) is 70.1 Å². The minimum absolute atomic E-state index is 0.436. The highest BCUT2D eigenvalue weighted by molar-refractivity contribution is 6.31. The first-order valence-electron chi connectivity index (χ1n) is 8.58. The Morgan fingerprint density at radius 1 is 1.26 bits per heavy atom. The zero-order valence-electron chi connectivity index (χ0n) is 14.7. The highest BCUT2D eigenvalue weighted by Gasteiger charge is 2.10. The lowest BCUT2D eigenvalue weighted by Gasteiger charge is -2.21. The third kappa shape index (κ3) is 4.82. The molecule has 1 heterocycles. The summed E-state index contributed by atoms with van der Waals surface area (Å²) in [7, 11) is 0. The summed E-state index contributed by atoms with van der Waals surface area (Å²) in [5.74, 6) is 0. The normalized spacial score (nSPS) is 12.8. The number of anilines is 1. The molecule has 0 bridgehead atoms. The number of benzene rings is 1. The molecule has 1 aromatic heterocycles. The van der Waals surface area contributed by atoms with E-state index < -0.39 is 0 Å². The molecule has 0 aliphatic heterocycles. The third-order valence-electron chi connectivity index (χ3n) is 4.42. The zero-order chi connectivity index (χ0) is 16.8. The van der Waals surface area contributed by atoms with Crippen molar-refractivity contribution in [2.24, 2.45) is 0 Å². The SMILES string of the molecule is CCN(CC)CCCC(C)Nc1c(C)cnc2cc(Cl)ccc12. The number of hydrogen-bond donors (Lipinski definition) is 1. The summed E-state index contributed by atoms with van der Waals surface area (Å²) in [6, 6.07) is 6.35. The van der Waals surface area contributed by atoms with E-state index in [9.17, 15) is 0 Å². The van der Waals surface area contributed by atoms with Gasteiger partial charge in [0, 0.05) is 28.3 Å². The molecule has 2 rings (SSSR count). The van der Waals surface area contributed by atoms with Crippen molar-refractivity contribution >= 4 is 28.2 Å². The summed E-state index contributed by atoms with van der Waals surface area (Å²) in [5, 5.41) is 5.55. The fourth-order valence-corrected chi connectivity index (χ4v) is 3.10. The largest absolute Gasteiger partial charge is 0.382 e. The molecule has 0 radical (unpaired) electrons. The first-order chi connectivity index (χ1) is 11.0. The number of nitrogens with one attached hydrogen (secondary N) is 1. The molecule has 0 saturated heterocycles. The van der Waals surface area contributed by atoms with Gasteiger partial charge >= 0.3 is 0 Å². The molecule has 0 spiro atoms. The van der Waals surface area contributed by atoms with Crippen LogP contribution in [0, 0.1) is 6.92 Å². The predicted molar refractivity (Wildman–Crippen MR) is 102 cm³/mol. The fourth-order valence-electron chi connectivity index (χ4n) is 2.94. The van der Waals surface area contributed by atoms with Gasteiger partial charge in [0.25, 0.3) is 0 Å². The van der Waals surface area contributed by atoms with Gasteiger partial charge in [-0.3, -0.25) is 4.98 Å². The minimum atomic E-state index is 0.436. The number of pyridine rings is 1. The molecule has 126 valence electrons. The number of rotatable bonds is 8. The lowest BCUT2D eigenvalue weighted by atomic mass is 10.1. The predicted octanol–water partition coefficient (Wildman–Crippen LogP) is 5.12. The summed E-state index contributed by atoms with van der Waals surface area (Å²) >= 11 is 6.08. The molecule has 1 atom stereocenters. The van der Waals surface area contributed by atoms with Crippen LogP contribution in [0.1, 0.15) is 39.2 Å². The maximum absolute atomic E-state index is 6.08. The first kappa shape index (κ1) is 18.0. The molecule has 0 saturated carbocycles. The smallest absolute Gasteiger partial charge is 0.0737 e. The van der Waals surface area contributed by atoms with Gasteiger partial charge < -0.3 is 10.2 Å². The minimum Gasteiger partial charge on any atom is -0.382 e. The van der Waals surface area contributed by atoms with Crippen molar-refractivity contribution in [2.45, 2.75) is 46.6 Å². The molecule has 0 amide bonds. The number of aromatic nitrogens is 1. The van der Waals surface area contributed by atoms with Crippen LogP contribution in [0.25, 0.3) is 10.9 Å². The number of nitrogens with zero attached hydrogens (tertiary/aromatic N) is 2. The summed E-state index contributed by atoms with van der Waals surface area (Å²) in [5.41, 5.74) is 3.30. The van der Waals surface area contributed by atoms with Crippen LogP contribution in [0.15, 0.2) is 24.4 Å². The van der Waals surface area contributed by atoms with E-state index in [1.165, 1.54) is 24.2 Å². The van der Waals surface area contributed by atoms with E-state index in [1.54, 1.807) is 0 Å². The van der Waals surface area contributed by atoms with Crippen LogP contribution < -0.4 is 5.32 Å². The average Bonchev–Trinajstić information content (AvgIpc) is 2.54. The number of hydrogen-bond acceptors (Lipinski definition) is 3. The third-order valence-corrected chi connectivity index (χ3v) is 4.65. The van der Waals surface area contributed by atoms with E-state index in [2.05, 4.69) is 49.0 Å². The molecule has 23 heavy (non-hydrogen) atoms. The van der Waals surface area contributed by atoms with E-state index >= 15 is 0 Å².